The van der Waals surface area contributed by atoms with E-state index in [0.29, 0.717) is 50.4 Å². The van der Waals surface area contributed by atoms with Crippen molar-refractivity contribution in [2.24, 2.45) is 10.3 Å². The van der Waals surface area contributed by atoms with E-state index in [1.54, 1.807) is 29.2 Å². The molecule has 3 aliphatic rings. The Kier molecular flexibility index (Phi) is 5.65. The molecular weight excluding hydrogens is 442 g/mol. The maximum atomic E-state index is 12.6. The molecule has 0 spiro atoms. The predicted molar refractivity (Wildman–Crippen MR) is 121 cm³/mol. The summed E-state index contributed by atoms with van der Waals surface area (Å²) in [6, 6.07) is 14.8. The Morgan fingerprint density at radius 3 is 2.45 bits per heavy atom. The predicted octanol–water partition coefficient (Wildman–Crippen LogP) is 1.98. The number of piperidine rings is 1. The Morgan fingerprint density at radius 2 is 1.67 bits per heavy atom. The van der Waals surface area contributed by atoms with E-state index in [2.05, 4.69) is 10.5 Å². The third-order valence-electron chi connectivity index (χ3n) is 6.56. The first-order chi connectivity index (χ1) is 15.9. The second-order valence-corrected chi connectivity index (χ2v) is 10.2. The van der Waals surface area contributed by atoms with Gasteiger partial charge in [-0.1, -0.05) is 36.4 Å². The number of rotatable bonds is 3. The Balaban J connectivity index is 1.13. The number of carbonyl (C=O) groups is 2. The number of carbonyl (C=O) groups excluding carboxylic acids is 2. The molecule has 0 radical (unpaired) electrons. The molecule has 0 aliphatic carbocycles. The zero-order valence-corrected chi connectivity index (χ0v) is 19.0. The first-order valence-corrected chi connectivity index (χ1v) is 12.6. The summed E-state index contributed by atoms with van der Waals surface area (Å²) in [5.74, 6) is -0.429. The van der Waals surface area contributed by atoms with Crippen LogP contribution in [0.3, 0.4) is 0 Å². The van der Waals surface area contributed by atoms with Crippen molar-refractivity contribution in [2.45, 2.75) is 30.7 Å². The highest BCUT2D eigenvalue weighted by Gasteiger charge is 2.35. The summed E-state index contributed by atoms with van der Waals surface area (Å²) in [6.45, 7) is 1.91. The molecule has 33 heavy (non-hydrogen) atoms. The fourth-order valence-corrected chi connectivity index (χ4v) is 5.92. The Labute approximate surface area is 192 Å². The first-order valence-electron chi connectivity index (χ1n) is 11.1. The van der Waals surface area contributed by atoms with Crippen LogP contribution in [0.5, 0.6) is 0 Å². The molecule has 0 unspecified atom stereocenters. The smallest absolute Gasteiger partial charge is 0.309 e. The Morgan fingerprint density at radius 1 is 0.970 bits per heavy atom. The lowest BCUT2D eigenvalue weighted by Gasteiger charge is -2.32. The van der Waals surface area contributed by atoms with Crippen molar-refractivity contribution in [1.82, 2.24) is 9.80 Å². The summed E-state index contributed by atoms with van der Waals surface area (Å²) in [6.07, 6.45) is 1.84. The maximum absolute atomic E-state index is 12.6. The van der Waals surface area contributed by atoms with E-state index in [-0.39, 0.29) is 29.3 Å². The number of hydrogen-bond acceptors (Lipinski definition) is 6. The number of nitrogens with zero attached hydrogens (tertiary/aromatic N) is 3. The number of sulfonamides is 1. The van der Waals surface area contributed by atoms with Crippen LogP contribution in [-0.4, -0.2) is 62.2 Å². The highest BCUT2D eigenvalue weighted by atomic mass is 32.2. The topological polar surface area (TPSA) is 96.3 Å². The van der Waals surface area contributed by atoms with Crippen molar-refractivity contribution in [3.63, 3.8) is 0 Å². The fraction of sp³-hybridized carbons (Fsp3) is 0.375. The molecule has 2 aromatic carbocycles. The van der Waals surface area contributed by atoms with E-state index in [4.69, 9.17) is 4.74 Å². The van der Waals surface area contributed by atoms with Crippen molar-refractivity contribution in [3.05, 3.63) is 65.2 Å². The second-order valence-electron chi connectivity index (χ2n) is 8.59. The summed E-state index contributed by atoms with van der Waals surface area (Å²) in [7, 11) is -3.67. The molecule has 0 aromatic heterocycles. The van der Waals surface area contributed by atoms with Gasteiger partial charge in [-0.25, -0.2) is 0 Å². The van der Waals surface area contributed by atoms with Crippen molar-refractivity contribution in [1.29, 1.82) is 0 Å². The molecule has 3 aliphatic heterocycles. The molecular formula is C24H25N3O5S. The van der Waals surface area contributed by atoms with Crippen LogP contribution in [0.25, 0.3) is 0 Å². The standard InChI is InChI=1S/C24H25N3O5S/c28-22(27-14-9-17-5-1-2-6-19(17)15-27)16-32-24(29)18-10-12-26(13-11-18)23-20-7-3-4-8-21(20)33(30,31)25-23/h1-8,18H,9-16H2. The molecule has 0 saturated carbocycles. The molecule has 0 atom stereocenters. The fourth-order valence-electron chi connectivity index (χ4n) is 4.69. The lowest BCUT2D eigenvalue weighted by molar-refractivity contribution is -0.156. The summed E-state index contributed by atoms with van der Waals surface area (Å²) in [5.41, 5.74) is 2.99. The molecule has 2 aromatic rings. The van der Waals surface area contributed by atoms with Crippen LogP contribution in [0.15, 0.2) is 57.8 Å². The normalized spacial score (nSPS) is 19.5. The zero-order chi connectivity index (χ0) is 23.0. The third kappa shape index (κ3) is 4.25. The van der Waals surface area contributed by atoms with E-state index in [1.807, 2.05) is 23.1 Å². The summed E-state index contributed by atoms with van der Waals surface area (Å²) < 4.78 is 33.9. The van der Waals surface area contributed by atoms with E-state index in [9.17, 15) is 18.0 Å². The van der Waals surface area contributed by atoms with Gasteiger partial charge in [-0.2, -0.15) is 8.42 Å². The number of esters is 1. The van der Waals surface area contributed by atoms with Gasteiger partial charge in [0.25, 0.3) is 15.9 Å². The summed E-state index contributed by atoms with van der Waals surface area (Å²) in [5, 5.41) is 0. The minimum Gasteiger partial charge on any atom is -0.455 e. The summed E-state index contributed by atoms with van der Waals surface area (Å²) in [4.78, 5) is 29.0. The van der Waals surface area contributed by atoms with Crippen LogP contribution >= 0.6 is 0 Å². The monoisotopic (exact) mass is 467 g/mol. The van der Waals surface area contributed by atoms with Gasteiger partial charge < -0.3 is 14.5 Å². The average molecular weight is 468 g/mol. The van der Waals surface area contributed by atoms with Crippen molar-refractivity contribution < 1.29 is 22.7 Å². The van der Waals surface area contributed by atoms with E-state index >= 15 is 0 Å². The highest BCUT2D eigenvalue weighted by molar-refractivity contribution is 7.90. The maximum Gasteiger partial charge on any atom is 0.309 e. The van der Waals surface area contributed by atoms with Gasteiger partial charge in [0.05, 0.1) is 5.92 Å². The number of hydrogen-bond donors (Lipinski definition) is 0. The third-order valence-corrected chi connectivity index (χ3v) is 7.89. The Bertz CT molecular complexity index is 1230. The molecule has 1 amide bonds. The van der Waals surface area contributed by atoms with Crippen LogP contribution < -0.4 is 0 Å². The summed E-state index contributed by atoms with van der Waals surface area (Å²) >= 11 is 0. The van der Waals surface area contributed by atoms with Crippen molar-refractivity contribution in [3.8, 4) is 0 Å². The van der Waals surface area contributed by atoms with Gasteiger partial charge in [-0.3, -0.25) is 9.59 Å². The van der Waals surface area contributed by atoms with E-state index < -0.39 is 10.0 Å². The molecule has 1 fully saturated rings. The Hall–Kier alpha value is -3.20. The average Bonchev–Trinajstić information content (AvgIpc) is 3.13. The molecule has 0 bridgehead atoms. The molecule has 9 heteroatoms. The van der Waals surface area contributed by atoms with Gasteiger partial charge in [0.1, 0.15) is 4.90 Å². The lowest BCUT2D eigenvalue weighted by Crippen LogP contribution is -2.42. The van der Waals surface area contributed by atoms with Gasteiger partial charge in [-0.05, 0) is 42.5 Å². The number of likely N-dealkylation sites (tertiary alicyclic amines) is 1. The van der Waals surface area contributed by atoms with Crippen LogP contribution in [0.1, 0.15) is 29.5 Å². The molecule has 172 valence electrons. The number of benzene rings is 2. The number of amidine groups is 1. The van der Waals surface area contributed by atoms with Crippen molar-refractivity contribution >= 4 is 27.7 Å². The highest BCUT2D eigenvalue weighted by Crippen LogP contribution is 2.30. The quantitative estimate of drug-likeness (QED) is 0.641. The largest absolute Gasteiger partial charge is 0.455 e. The van der Waals surface area contributed by atoms with Crippen LogP contribution in [0, 0.1) is 5.92 Å². The molecule has 3 heterocycles. The van der Waals surface area contributed by atoms with E-state index in [1.165, 1.54) is 5.56 Å². The van der Waals surface area contributed by atoms with Gasteiger partial charge >= 0.3 is 5.97 Å². The SMILES string of the molecule is O=C(OCC(=O)N1CCc2ccccc2C1)C1CCN(C2=NS(=O)(=O)c3ccccc32)CC1. The van der Waals surface area contributed by atoms with E-state index in [0.717, 1.165) is 12.0 Å². The van der Waals surface area contributed by atoms with Crippen LogP contribution in [0.4, 0.5) is 0 Å². The minimum atomic E-state index is -3.67. The number of amides is 1. The van der Waals surface area contributed by atoms with Crippen molar-refractivity contribution in [2.75, 3.05) is 26.2 Å². The van der Waals surface area contributed by atoms with Gasteiger partial charge in [-0.15, -0.1) is 4.40 Å². The molecule has 0 N–H and O–H groups in total. The minimum absolute atomic E-state index is 0.183. The molecule has 5 rings (SSSR count). The molecule has 8 nitrogen and oxygen atoms in total. The zero-order valence-electron chi connectivity index (χ0n) is 18.1. The first kappa shape index (κ1) is 21.6. The van der Waals surface area contributed by atoms with Crippen LogP contribution in [-0.2, 0) is 37.3 Å². The van der Waals surface area contributed by atoms with Gasteiger partial charge in [0, 0.05) is 31.7 Å². The number of fused-ring (bicyclic) bond motifs is 2. The number of ether oxygens (including phenoxy) is 1. The van der Waals surface area contributed by atoms with Gasteiger partial charge in [0.2, 0.25) is 0 Å². The molecule has 1 saturated heterocycles. The lowest BCUT2D eigenvalue weighted by atomic mass is 9.96. The second kappa shape index (κ2) is 8.62. The van der Waals surface area contributed by atoms with Crippen LogP contribution in [0.2, 0.25) is 0 Å². The van der Waals surface area contributed by atoms with Gasteiger partial charge in [0.15, 0.2) is 12.4 Å².